The van der Waals surface area contributed by atoms with Gasteiger partial charge in [-0.3, -0.25) is 4.98 Å². The van der Waals surface area contributed by atoms with Gasteiger partial charge in [-0.1, -0.05) is 11.6 Å². The third kappa shape index (κ3) is 1.45. The van der Waals surface area contributed by atoms with E-state index in [1.807, 2.05) is 0 Å². The molecule has 2 aromatic rings. The molecule has 0 aliphatic rings. The van der Waals surface area contributed by atoms with Gasteiger partial charge in [-0.2, -0.15) is 0 Å². The number of benzene rings is 1. The van der Waals surface area contributed by atoms with Gasteiger partial charge in [0, 0.05) is 12.3 Å². The fourth-order valence-electron chi connectivity index (χ4n) is 1.33. The summed E-state index contributed by atoms with van der Waals surface area (Å²) in [5.74, 6) is -3.37. The maximum Gasteiger partial charge on any atom is 0.185 e. The Balaban J connectivity index is 3.03. The summed E-state index contributed by atoms with van der Waals surface area (Å²) < 4.78 is 39.4. The normalized spacial score (nSPS) is 11.0. The Bertz CT molecular complexity index is 554. The lowest BCUT2D eigenvalue weighted by molar-refractivity contribution is 0.504. The molecule has 1 aromatic heterocycles. The van der Waals surface area contributed by atoms with Gasteiger partial charge in [-0.25, -0.2) is 13.2 Å². The average molecular weight is 232 g/mol. The van der Waals surface area contributed by atoms with Crippen LogP contribution in [0.1, 0.15) is 5.56 Å². The predicted octanol–water partition coefficient (Wildman–Crippen LogP) is 3.61. The SMILES string of the molecule is Cc1cnc2c(F)c(F)cc(F)c2c1Cl. The lowest BCUT2D eigenvalue weighted by atomic mass is 10.1. The first-order valence-electron chi connectivity index (χ1n) is 4.10. The van der Waals surface area contributed by atoms with Gasteiger partial charge in [-0.05, 0) is 12.5 Å². The molecule has 1 aromatic carbocycles. The Kier molecular flexibility index (Phi) is 2.31. The summed E-state index contributed by atoms with van der Waals surface area (Å²) in [6, 6.07) is 0.463. The van der Waals surface area contributed by atoms with Crippen molar-refractivity contribution >= 4 is 22.5 Å². The lowest BCUT2D eigenvalue weighted by Crippen LogP contribution is -1.95. The van der Waals surface area contributed by atoms with Crippen LogP contribution in [0.2, 0.25) is 5.02 Å². The van der Waals surface area contributed by atoms with E-state index in [0.29, 0.717) is 11.6 Å². The van der Waals surface area contributed by atoms with Crippen molar-refractivity contribution in [3.63, 3.8) is 0 Å². The summed E-state index contributed by atoms with van der Waals surface area (Å²) in [4.78, 5) is 3.62. The minimum Gasteiger partial charge on any atom is -0.253 e. The van der Waals surface area contributed by atoms with Crippen molar-refractivity contribution in [3.05, 3.63) is 40.3 Å². The van der Waals surface area contributed by atoms with Gasteiger partial charge in [0.05, 0.1) is 10.4 Å². The molecule has 0 atom stereocenters. The molecule has 0 saturated carbocycles. The number of halogens is 4. The van der Waals surface area contributed by atoms with Crippen molar-refractivity contribution in [1.29, 1.82) is 0 Å². The Morgan fingerprint density at radius 3 is 2.53 bits per heavy atom. The molecular formula is C10H5ClF3N. The minimum absolute atomic E-state index is 0.0522. The van der Waals surface area contributed by atoms with E-state index in [0.717, 1.165) is 0 Å². The van der Waals surface area contributed by atoms with Crippen molar-refractivity contribution < 1.29 is 13.2 Å². The maximum atomic E-state index is 13.3. The third-order valence-corrected chi connectivity index (χ3v) is 2.59. The van der Waals surface area contributed by atoms with Gasteiger partial charge in [0.1, 0.15) is 11.3 Å². The van der Waals surface area contributed by atoms with Crippen LogP contribution in [0.3, 0.4) is 0 Å². The molecule has 0 bridgehead atoms. The molecule has 0 saturated heterocycles. The summed E-state index contributed by atoms with van der Waals surface area (Å²) >= 11 is 5.79. The van der Waals surface area contributed by atoms with Gasteiger partial charge in [0.2, 0.25) is 0 Å². The maximum absolute atomic E-state index is 13.3. The van der Waals surface area contributed by atoms with Crippen LogP contribution in [-0.2, 0) is 0 Å². The molecule has 0 fully saturated rings. The molecule has 5 heteroatoms. The zero-order valence-corrected chi connectivity index (χ0v) is 8.37. The van der Waals surface area contributed by atoms with Crippen LogP contribution < -0.4 is 0 Å². The van der Waals surface area contributed by atoms with Crippen LogP contribution >= 0.6 is 11.6 Å². The van der Waals surface area contributed by atoms with Gasteiger partial charge in [0.15, 0.2) is 11.6 Å². The van der Waals surface area contributed by atoms with Gasteiger partial charge >= 0.3 is 0 Å². The van der Waals surface area contributed by atoms with E-state index in [2.05, 4.69) is 4.98 Å². The lowest BCUT2D eigenvalue weighted by Gasteiger charge is -2.05. The highest BCUT2D eigenvalue weighted by atomic mass is 35.5. The molecule has 0 aliphatic carbocycles. The number of aromatic nitrogens is 1. The van der Waals surface area contributed by atoms with Crippen molar-refractivity contribution in [3.8, 4) is 0 Å². The van der Waals surface area contributed by atoms with Crippen LogP contribution in [0.5, 0.6) is 0 Å². The highest BCUT2D eigenvalue weighted by Gasteiger charge is 2.16. The van der Waals surface area contributed by atoms with E-state index in [9.17, 15) is 13.2 Å². The van der Waals surface area contributed by atoms with Crippen molar-refractivity contribution in [2.24, 2.45) is 0 Å². The zero-order chi connectivity index (χ0) is 11.2. The monoisotopic (exact) mass is 231 g/mol. The molecular weight excluding hydrogens is 227 g/mol. The Hall–Kier alpha value is -1.29. The second-order valence-corrected chi connectivity index (χ2v) is 3.51. The number of nitrogens with zero attached hydrogens (tertiary/aromatic N) is 1. The van der Waals surface area contributed by atoms with Crippen LogP contribution in [0, 0.1) is 24.4 Å². The van der Waals surface area contributed by atoms with Gasteiger partial charge in [-0.15, -0.1) is 0 Å². The molecule has 2 rings (SSSR count). The van der Waals surface area contributed by atoms with Gasteiger partial charge in [0.25, 0.3) is 0 Å². The smallest absolute Gasteiger partial charge is 0.185 e. The number of hydrogen-bond donors (Lipinski definition) is 0. The number of pyridine rings is 1. The van der Waals surface area contributed by atoms with Gasteiger partial charge < -0.3 is 0 Å². The van der Waals surface area contributed by atoms with Crippen LogP contribution in [0.25, 0.3) is 10.9 Å². The highest BCUT2D eigenvalue weighted by molar-refractivity contribution is 6.36. The summed E-state index contributed by atoms with van der Waals surface area (Å²) in [5.41, 5.74) is 0.122. The molecule has 78 valence electrons. The van der Waals surface area contributed by atoms with E-state index in [1.54, 1.807) is 6.92 Å². The fraction of sp³-hybridized carbons (Fsp3) is 0.100. The Labute approximate surface area is 88.5 Å². The molecule has 0 N–H and O–H groups in total. The summed E-state index contributed by atoms with van der Waals surface area (Å²) in [6.07, 6.45) is 1.27. The summed E-state index contributed by atoms with van der Waals surface area (Å²) in [5, 5.41) is -0.132. The second-order valence-electron chi connectivity index (χ2n) is 3.13. The molecule has 0 radical (unpaired) electrons. The van der Waals surface area contributed by atoms with E-state index in [1.165, 1.54) is 6.20 Å². The highest BCUT2D eigenvalue weighted by Crippen LogP contribution is 2.30. The standard InChI is InChI=1S/C10H5ClF3N/c1-4-3-15-10-7(8(4)11)5(12)2-6(13)9(10)14/h2-3H,1H3. The second kappa shape index (κ2) is 3.38. The van der Waals surface area contributed by atoms with E-state index < -0.39 is 17.5 Å². The van der Waals surface area contributed by atoms with Crippen LogP contribution in [-0.4, -0.2) is 4.98 Å². The first-order chi connectivity index (χ1) is 7.02. The number of fused-ring (bicyclic) bond motifs is 1. The number of aryl methyl sites for hydroxylation is 1. The van der Waals surface area contributed by atoms with E-state index >= 15 is 0 Å². The Morgan fingerprint density at radius 2 is 1.87 bits per heavy atom. The van der Waals surface area contributed by atoms with E-state index in [-0.39, 0.29) is 15.9 Å². The van der Waals surface area contributed by atoms with Crippen molar-refractivity contribution in [1.82, 2.24) is 4.98 Å². The zero-order valence-electron chi connectivity index (χ0n) is 7.61. The molecule has 0 unspecified atom stereocenters. The molecule has 1 heterocycles. The largest absolute Gasteiger partial charge is 0.253 e. The average Bonchev–Trinajstić information content (AvgIpc) is 2.18. The molecule has 0 spiro atoms. The first-order valence-corrected chi connectivity index (χ1v) is 4.48. The topological polar surface area (TPSA) is 12.9 Å². The predicted molar refractivity (Wildman–Crippen MR) is 51.4 cm³/mol. The quantitative estimate of drug-likeness (QED) is 0.631. The minimum atomic E-state index is -1.27. The van der Waals surface area contributed by atoms with Crippen molar-refractivity contribution in [2.75, 3.05) is 0 Å². The summed E-state index contributed by atoms with van der Waals surface area (Å²) in [7, 11) is 0. The first kappa shape index (κ1) is 10.2. The molecule has 1 nitrogen and oxygen atoms in total. The number of hydrogen-bond acceptors (Lipinski definition) is 1. The van der Waals surface area contributed by atoms with Crippen LogP contribution in [0.15, 0.2) is 12.3 Å². The molecule has 0 amide bonds. The Morgan fingerprint density at radius 1 is 1.20 bits per heavy atom. The van der Waals surface area contributed by atoms with Crippen LogP contribution in [0.4, 0.5) is 13.2 Å². The molecule has 15 heavy (non-hydrogen) atoms. The number of rotatable bonds is 0. The molecule has 0 aliphatic heterocycles. The third-order valence-electron chi connectivity index (χ3n) is 2.10. The van der Waals surface area contributed by atoms with E-state index in [4.69, 9.17) is 11.6 Å². The van der Waals surface area contributed by atoms with Crippen molar-refractivity contribution in [2.45, 2.75) is 6.92 Å². The fourth-order valence-corrected chi connectivity index (χ4v) is 1.56. The summed E-state index contributed by atoms with van der Waals surface area (Å²) in [6.45, 7) is 1.61.